The molecule has 0 aromatic heterocycles. The Morgan fingerprint density at radius 2 is 1.79 bits per heavy atom. The zero-order valence-electron chi connectivity index (χ0n) is 12.1. The first-order chi connectivity index (χ1) is 9.06. The van der Waals surface area contributed by atoms with Gasteiger partial charge in [-0.05, 0) is 37.7 Å². The molecule has 4 heteroatoms. The van der Waals surface area contributed by atoms with E-state index in [2.05, 4.69) is 31.0 Å². The zero-order chi connectivity index (χ0) is 14.3. The summed E-state index contributed by atoms with van der Waals surface area (Å²) in [5.74, 6) is 0. The van der Waals surface area contributed by atoms with Crippen molar-refractivity contribution in [2.24, 2.45) is 0 Å². The third kappa shape index (κ3) is 5.91. The molecule has 19 heavy (non-hydrogen) atoms. The molecule has 0 saturated carbocycles. The standard InChI is InChI=1S/C15H25ClN2O/c1-4-18(5-2)11-15(19)10-17-12(3)13-6-8-14(16)9-7-13/h6-9,12,15,17,19H,4-5,10-11H2,1-3H3. The lowest BCUT2D eigenvalue weighted by Crippen LogP contribution is -2.38. The van der Waals surface area contributed by atoms with Crippen LogP contribution in [0.5, 0.6) is 0 Å². The van der Waals surface area contributed by atoms with Gasteiger partial charge in [0.2, 0.25) is 0 Å². The largest absolute Gasteiger partial charge is 0.390 e. The van der Waals surface area contributed by atoms with E-state index in [4.69, 9.17) is 11.6 Å². The van der Waals surface area contributed by atoms with Crippen LogP contribution in [0.25, 0.3) is 0 Å². The highest BCUT2D eigenvalue weighted by Gasteiger charge is 2.11. The second-order valence-electron chi connectivity index (χ2n) is 4.82. The highest BCUT2D eigenvalue weighted by Crippen LogP contribution is 2.15. The highest BCUT2D eigenvalue weighted by molar-refractivity contribution is 6.30. The number of aliphatic hydroxyl groups is 1. The second kappa shape index (κ2) is 8.54. The molecule has 1 aromatic carbocycles. The van der Waals surface area contributed by atoms with Crippen molar-refractivity contribution in [2.75, 3.05) is 26.2 Å². The van der Waals surface area contributed by atoms with Gasteiger partial charge in [0.1, 0.15) is 0 Å². The first-order valence-electron chi connectivity index (χ1n) is 6.96. The highest BCUT2D eigenvalue weighted by atomic mass is 35.5. The van der Waals surface area contributed by atoms with Gasteiger partial charge in [0, 0.05) is 24.2 Å². The summed E-state index contributed by atoms with van der Waals surface area (Å²) >= 11 is 5.87. The van der Waals surface area contributed by atoms with Crippen molar-refractivity contribution in [1.82, 2.24) is 10.2 Å². The van der Waals surface area contributed by atoms with Crippen molar-refractivity contribution in [1.29, 1.82) is 0 Å². The summed E-state index contributed by atoms with van der Waals surface area (Å²) in [7, 11) is 0. The molecule has 0 fully saturated rings. The van der Waals surface area contributed by atoms with Crippen LogP contribution >= 0.6 is 11.6 Å². The van der Waals surface area contributed by atoms with E-state index >= 15 is 0 Å². The zero-order valence-corrected chi connectivity index (χ0v) is 12.8. The van der Waals surface area contributed by atoms with Crippen molar-refractivity contribution in [3.8, 4) is 0 Å². The number of hydrogen-bond donors (Lipinski definition) is 2. The number of benzene rings is 1. The van der Waals surface area contributed by atoms with Gasteiger partial charge in [0.25, 0.3) is 0 Å². The minimum atomic E-state index is -0.338. The molecule has 0 amide bonds. The van der Waals surface area contributed by atoms with Crippen LogP contribution in [0.4, 0.5) is 0 Å². The van der Waals surface area contributed by atoms with Gasteiger partial charge in [-0.3, -0.25) is 0 Å². The monoisotopic (exact) mass is 284 g/mol. The van der Waals surface area contributed by atoms with E-state index in [0.717, 1.165) is 18.1 Å². The predicted molar refractivity (Wildman–Crippen MR) is 81.7 cm³/mol. The molecule has 0 spiro atoms. The van der Waals surface area contributed by atoms with E-state index in [1.807, 2.05) is 24.3 Å². The molecule has 1 rings (SSSR count). The first-order valence-corrected chi connectivity index (χ1v) is 7.33. The molecule has 0 aliphatic heterocycles. The quantitative estimate of drug-likeness (QED) is 0.770. The van der Waals surface area contributed by atoms with Crippen LogP contribution in [0, 0.1) is 0 Å². The SMILES string of the molecule is CCN(CC)CC(O)CNC(C)c1ccc(Cl)cc1. The smallest absolute Gasteiger partial charge is 0.0791 e. The van der Waals surface area contributed by atoms with Crippen molar-refractivity contribution < 1.29 is 5.11 Å². The van der Waals surface area contributed by atoms with Gasteiger partial charge in [-0.25, -0.2) is 0 Å². The number of rotatable bonds is 8. The van der Waals surface area contributed by atoms with Crippen LogP contribution < -0.4 is 5.32 Å². The Bertz CT molecular complexity index is 352. The molecule has 1 aromatic rings. The average molecular weight is 285 g/mol. The summed E-state index contributed by atoms with van der Waals surface area (Å²) in [6, 6.07) is 8.01. The van der Waals surface area contributed by atoms with E-state index in [-0.39, 0.29) is 12.1 Å². The number of aliphatic hydroxyl groups excluding tert-OH is 1. The van der Waals surface area contributed by atoms with Crippen LogP contribution in [-0.2, 0) is 0 Å². The van der Waals surface area contributed by atoms with Crippen LogP contribution in [-0.4, -0.2) is 42.3 Å². The van der Waals surface area contributed by atoms with E-state index in [0.29, 0.717) is 13.1 Å². The Morgan fingerprint density at radius 3 is 2.32 bits per heavy atom. The maximum Gasteiger partial charge on any atom is 0.0791 e. The van der Waals surface area contributed by atoms with E-state index in [1.165, 1.54) is 5.56 Å². The van der Waals surface area contributed by atoms with Crippen LogP contribution in [0.1, 0.15) is 32.4 Å². The molecule has 108 valence electrons. The molecule has 0 radical (unpaired) electrons. The molecule has 0 bridgehead atoms. The lowest BCUT2D eigenvalue weighted by Gasteiger charge is -2.23. The molecule has 0 aliphatic carbocycles. The fourth-order valence-electron chi connectivity index (χ4n) is 2.03. The molecule has 3 nitrogen and oxygen atoms in total. The molecule has 0 heterocycles. The number of likely N-dealkylation sites (N-methyl/N-ethyl adjacent to an activating group) is 1. The topological polar surface area (TPSA) is 35.5 Å². The number of nitrogens with zero attached hydrogens (tertiary/aromatic N) is 1. The van der Waals surface area contributed by atoms with Gasteiger partial charge in [0.05, 0.1) is 6.10 Å². The van der Waals surface area contributed by atoms with Crippen LogP contribution in [0.3, 0.4) is 0 Å². The average Bonchev–Trinajstić information content (AvgIpc) is 2.43. The molecule has 2 unspecified atom stereocenters. The molecule has 2 N–H and O–H groups in total. The van der Waals surface area contributed by atoms with Gasteiger partial charge >= 0.3 is 0 Å². The Balaban J connectivity index is 2.37. The van der Waals surface area contributed by atoms with E-state index < -0.39 is 0 Å². The Morgan fingerprint density at radius 1 is 1.21 bits per heavy atom. The van der Waals surface area contributed by atoms with Crippen LogP contribution in [0.15, 0.2) is 24.3 Å². The van der Waals surface area contributed by atoms with Crippen molar-refractivity contribution >= 4 is 11.6 Å². The minimum absolute atomic E-state index is 0.212. The summed E-state index contributed by atoms with van der Waals surface area (Å²) in [6.45, 7) is 9.57. The number of hydrogen-bond acceptors (Lipinski definition) is 3. The lowest BCUT2D eigenvalue weighted by atomic mass is 10.1. The van der Waals surface area contributed by atoms with Crippen molar-refractivity contribution in [2.45, 2.75) is 32.9 Å². The molecule has 0 aliphatic rings. The molecule has 2 atom stereocenters. The fourth-order valence-corrected chi connectivity index (χ4v) is 2.15. The summed E-state index contributed by atoms with van der Waals surface area (Å²) in [5.41, 5.74) is 1.18. The normalized spacial score (nSPS) is 14.6. The van der Waals surface area contributed by atoms with Gasteiger partial charge in [0.15, 0.2) is 0 Å². The molecular weight excluding hydrogens is 260 g/mol. The fraction of sp³-hybridized carbons (Fsp3) is 0.600. The lowest BCUT2D eigenvalue weighted by molar-refractivity contribution is 0.114. The minimum Gasteiger partial charge on any atom is -0.390 e. The number of nitrogens with one attached hydrogen (secondary N) is 1. The summed E-state index contributed by atoms with van der Waals surface area (Å²) in [5, 5.41) is 14.1. The van der Waals surface area contributed by atoms with Gasteiger partial charge in [-0.15, -0.1) is 0 Å². The Kier molecular flexibility index (Phi) is 7.39. The van der Waals surface area contributed by atoms with E-state index in [9.17, 15) is 5.11 Å². The van der Waals surface area contributed by atoms with Crippen molar-refractivity contribution in [3.05, 3.63) is 34.9 Å². The number of halogens is 1. The molecular formula is C15H25ClN2O. The van der Waals surface area contributed by atoms with Gasteiger partial charge in [-0.2, -0.15) is 0 Å². The Labute approximate surface area is 121 Å². The Hall–Kier alpha value is -0.610. The van der Waals surface area contributed by atoms with Crippen LogP contribution in [0.2, 0.25) is 5.02 Å². The van der Waals surface area contributed by atoms with Crippen molar-refractivity contribution in [3.63, 3.8) is 0 Å². The van der Waals surface area contributed by atoms with Gasteiger partial charge < -0.3 is 15.3 Å². The van der Waals surface area contributed by atoms with E-state index in [1.54, 1.807) is 0 Å². The third-order valence-corrected chi connectivity index (χ3v) is 3.65. The summed E-state index contributed by atoms with van der Waals surface area (Å²) in [4.78, 5) is 2.22. The van der Waals surface area contributed by atoms with Gasteiger partial charge in [-0.1, -0.05) is 37.6 Å². The second-order valence-corrected chi connectivity index (χ2v) is 5.26. The predicted octanol–water partition coefficient (Wildman–Crippen LogP) is 2.69. The summed E-state index contributed by atoms with van der Waals surface area (Å²) < 4.78 is 0. The maximum atomic E-state index is 10.00. The maximum absolute atomic E-state index is 10.00. The summed E-state index contributed by atoms with van der Waals surface area (Å²) in [6.07, 6.45) is -0.338. The molecule has 0 saturated heterocycles. The third-order valence-electron chi connectivity index (χ3n) is 3.39. The first kappa shape index (κ1) is 16.4.